The van der Waals surface area contributed by atoms with Crippen LogP contribution in [0.15, 0.2) is 36.4 Å². The van der Waals surface area contributed by atoms with Crippen molar-refractivity contribution in [3.63, 3.8) is 0 Å². The summed E-state index contributed by atoms with van der Waals surface area (Å²) in [6.45, 7) is 0. The van der Waals surface area contributed by atoms with Gasteiger partial charge in [-0.15, -0.1) is 11.3 Å². The summed E-state index contributed by atoms with van der Waals surface area (Å²) in [5, 5.41) is 0. The van der Waals surface area contributed by atoms with Crippen LogP contribution in [-0.2, 0) is 9.53 Å². The molecule has 104 valence electrons. The Kier molecular flexibility index (Phi) is 4.93. The molecule has 1 aromatic heterocycles. The van der Waals surface area contributed by atoms with Crippen molar-refractivity contribution in [1.82, 2.24) is 0 Å². The summed E-state index contributed by atoms with van der Waals surface area (Å²) in [4.78, 5) is 24.0. The molecule has 1 heterocycles. The van der Waals surface area contributed by atoms with Crippen LogP contribution in [0.25, 0.3) is 10.4 Å². The van der Waals surface area contributed by atoms with Crippen molar-refractivity contribution >= 4 is 34.7 Å². The highest BCUT2D eigenvalue weighted by Gasteiger charge is 2.10. The van der Waals surface area contributed by atoms with Gasteiger partial charge in [-0.25, -0.2) is 0 Å². The molecule has 0 bridgehead atoms. The van der Waals surface area contributed by atoms with Gasteiger partial charge in [-0.05, 0) is 17.7 Å². The van der Waals surface area contributed by atoms with Crippen LogP contribution in [0.2, 0.25) is 4.34 Å². The Bertz CT molecular complexity index is 616. The lowest BCUT2D eigenvalue weighted by Gasteiger charge is -2.02. The quantitative estimate of drug-likeness (QED) is 0.614. The number of rotatable bonds is 5. The van der Waals surface area contributed by atoms with Gasteiger partial charge in [-0.2, -0.15) is 0 Å². The molecule has 0 aliphatic rings. The smallest absolute Gasteiger partial charge is 0.305 e. The van der Waals surface area contributed by atoms with E-state index in [4.69, 9.17) is 11.6 Å². The number of carbonyl (C=O) groups excluding carboxylic acids is 2. The van der Waals surface area contributed by atoms with Gasteiger partial charge >= 0.3 is 5.97 Å². The second kappa shape index (κ2) is 6.68. The molecule has 1 aromatic carbocycles. The topological polar surface area (TPSA) is 43.4 Å². The monoisotopic (exact) mass is 308 g/mol. The van der Waals surface area contributed by atoms with Gasteiger partial charge in [0.1, 0.15) is 0 Å². The van der Waals surface area contributed by atoms with Crippen LogP contribution >= 0.6 is 22.9 Å². The van der Waals surface area contributed by atoms with E-state index in [9.17, 15) is 9.59 Å². The maximum absolute atomic E-state index is 11.9. The number of carbonyl (C=O) groups is 2. The Morgan fingerprint density at radius 2 is 1.80 bits per heavy atom. The first kappa shape index (κ1) is 14.8. The summed E-state index contributed by atoms with van der Waals surface area (Å²) in [6.07, 6.45) is 0.272. The van der Waals surface area contributed by atoms with E-state index in [1.807, 2.05) is 24.3 Å². The number of benzene rings is 1. The van der Waals surface area contributed by atoms with Gasteiger partial charge in [0.2, 0.25) is 0 Å². The normalized spacial score (nSPS) is 10.3. The van der Waals surface area contributed by atoms with E-state index in [1.54, 1.807) is 12.1 Å². The number of halogens is 1. The Hall–Kier alpha value is -1.65. The van der Waals surface area contributed by atoms with Crippen molar-refractivity contribution < 1.29 is 14.3 Å². The molecule has 3 nitrogen and oxygen atoms in total. The standard InChI is InChI=1S/C15H13ClO3S/c1-19-15(18)9-6-12(17)10-2-4-11(5-3-10)13-7-8-14(16)20-13/h2-5,7-8H,6,9H2,1H3. The molecule has 0 saturated heterocycles. The third-order valence-electron chi connectivity index (χ3n) is 2.85. The molecule has 0 N–H and O–H groups in total. The second-order valence-electron chi connectivity index (χ2n) is 4.18. The number of hydrogen-bond donors (Lipinski definition) is 0. The first-order valence-corrected chi connectivity index (χ1v) is 7.25. The largest absolute Gasteiger partial charge is 0.469 e. The molecular formula is C15H13ClO3S. The second-order valence-corrected chi connectivity index (χ2v) is 5.90. The number of Topliss-reactive ketones (excluding diaryl/α,β-unsaturated/α-hetero) is 1. The lowest BCUT2D eigenvalue weighted by molar-refractivity contribution is -0.140. The van der Waals surface area contributed by atoms with Crippen LogP contribution in [0.1, 0.15) is 23.2 Å². The van der Waals surface area contributed by atoms with Crippen molar-refractivity contribution in [3.05, 3.63) is 46.3 Å². The fourth-order valence-corrected chi connectivity index (χ4v) is 2.80. The molecule has 0 atom stereocenters. The number of ether oxygens (including phenoxy) is 1. The van der Waals surface area contributed by atoms with Gasteiger partial charge in [0.05, 0.1) is 17.9 Å². The number of thiophene rings is 1. The van der Waals surface area contributed by atoms with Crippen molar-refractivity contribution in [2.75, 3.05) is 7.11 Å². The molecule has 2 rings (SSSR count). The van der Waals surface area contributed by atoms with Gasteiger partial charge in [-0.3, -0.25) is 9.59 Å². The summed E-state index contributed by atoms with van der Waals surface area (Å²) >= 11 is 7.39. The first-order chi connectivity index (χ1) is 9.60. The van der Waals surface area contributed by atoms with E-state index in [0.717, 1.165) is 14.8 Å². The summed E-state index contributed by atoms with van der Waals surface area (Å²) < 4.78 is 5.25. The zero-order valence-corrected chi connectivity index (χ0v) is 12.5. The molecule has 0 aliphatic carbocycles. The molecular weight excluding hydrogens is 296 g/mol. The Morgan fingerprint density at radius 3 is 2.35 bits per heavy atom. The van der Waals surface area contributed by atoms with Gasteiger partial charge < -0.3 is 4.74 Å². The van der Waals surface area contributed by atoms with Gasteiger partial charge in [-0.1, -0.05) is 35.9 Å². The summed E-state index contributed by atoms with van der Waals surface area (Å²) in [5.41, 5.74) is 1.62. The number of methoxy groups -OCH3 is 1. The molecule has 0 saturated carbocycles. The van der Waals surface area contributed by atoms with Crippen molar-refractivity contribution in [1.29, 1.82) is 0 Å². The molecule has 0 aliphatic heterocycles. The van der Waals surface area contributed by atoms with Crippen LogP contribution in [0, 0.1) is 0 Å². The molecule has 0 fully saturated rings. The molecule has 5 heteroatoms. The number of esters is 1. The Labute approximate surface area is 126 Å². The van der Waals surface area contributed by atoms with Gasteiger partial charge in [0.15, 0.2) is 5.78 Å². The highest BCUT2D eigenvalue weighted by atomic mass is 35.5. The maximum atomic E-state index is 11.9. The third-order valence-corrected chi connectivity index (χ3v) is 4.13. The molecule has 0 unspecified atom stereocenters. The highest BCUT2D eigenvalue weighted by molar-refractivity contribution is 7.19. The number of hydrogen-bond acceptors (Lipinski definition) is 4. The number of ketones is 1. The Morgan fingerprint density at radius 1 is 1.10 bits per heavy atom. The summed E-state index contributed by atoms with van der Waals surface area (Å²) in [6, 6.07) is 11.1. The lowest BCUT2D eigenvalue weighted by Crippen LogP contribution is -2.05. The molecule has 20 heavy (non-hydrogen) atoms. The average Bonchev–Trinajstić information content (AvgIpc) is 2.91. The van der Waals surface area contributed by atoms with Crippen LogP contribution in [0.5, 0.6) is 0 Å². The molecule has 0 radical (unpaired) electrons. The first-order valence-electron chi connectivity index (χ1n) is 6.06. The van der Waals surface area contributed by atoms with Crippen LogP contribution in [0.4, 0.5) is 0 Å². The zero-order valence-electron chi connectivity index (χ0n) is 10.9. The van der Waals surface area contributed by atoms with E-state index in [1.165, 1.54) is 18.4 Å². The van der Waals surface area contributed by atoms with Crippen LogP contribution in [0.3, 0.4) is 0 Å². The minimum absolute atomic E-state index is 0.0637. The van der Waals surface area contributed by atoms with E-state index in [2.05, 4.69) is 4.74 Å². The fraction of sp³-hybridized carbons (Fsp3) is 0.200. The predicted octanol–water partition coefficient (Wildman–Crippen LogP) is 4.20. The van der Waals surface area contributed by atoms with E-state index < -0.39 is 0 Å². The highest BCUT2D eigenvalue weighted by Crippen LogP contribution is 2.31. The van der Waals surface area contributed by atoms with Crippen molar-refractivity contribution in [3.8, 4) is 10.4 Å². The van der Waals surface area contributed by atoms with E-state index in [0.29, 0.717) is 5.56 Å². The minimum Gasteiger partial charge on any atom is -0.469 e. The molecule has 0 amide bonds. The fourth-order valence-electron chi connectivity index (χ4n) is 1.75. The maximum Gasteiger partial charge on any atom is 0.305 e. The average molecular weight is 309 g/mol. The van der Waals surface area contributed by atoms with Crippen molar-refractivity contribution in [2.45, 2.75) is 12.8 Å². The zero-order chi connectivity index (χ0) is 14.5. The minimum atomic E-state index is -0.372. The van der Waals surface area contributed by atoms with Crippen LogP contribution in [-0.4, -0.2) is 18.9 Å². The van der Waals surface area contributed by atoms with Crippen molar-refractivity contribution in [2.24, 2.45) is 0 Å². The van der Waals surface area contributed by atoms with Gasteiger partial charge in [0, 0.05) is 16.9 Å². The van der Waals surface area contributed by atoms with E-state index in [-0.39, 0.29) is 24.6 Å². The third kappa shape index (κ3) is 3.68. The summed E-state index contributed by atoms with van der Waals surface area (Å²) in [7, 11) is 1.31. The van der Waals surface area contributed by atoms with Crippen LogP contribution < -0.4 is 0 Å². The lowest BCUT2D eigenvalue weighted by atomic mass is 10.0. The van der Waals surface area contributed by atoms with E-state index >= 15 is 0 Å². The van der Waals surface area contributed by atoms with Gasteiger partial charge in [0.25, 0.3) is 0 Å². The Balaban J connectivity index is 2.04. The molecule has 0 spiro atoms. The SMILES string of the molecule is COC(=O)CCC(=O)c1ccc(-c2ccc(Cl)s2)cc1. The predicted molar refractivity (Wildman–Crippen MR) is 80.3 cm³/mol. The molecule has 2 aromatic rings. The summed E-state index contributed by atoms with van der Waals surface area (Å²) in [5.74, 6) is -0.436.